The van der Waals surface area contributed by atoms with Gasteiger partial charge in [0.05, 0.1) is 0 Å². The lowest BCUT2D eigenvalue weighted by atomic mass is 9.98. The van der Waals surface area contributed by atoms with Crippen LogP contribution in [-0.4, -0.2) is 64.6 Å². The predicted molar refractivity (Wildman–Crippen MR) is 108 cm³/mol. The zero-order chi connectivity index (χ0) is 19.0. The van der Waals surface area contributed by atoms with Gasteiger partial charge >= 0.3 is 0 Å². The van der Waals surface area contributed by atoms with Crippen LogP contribution in [0.4, 0.5) is 0 Å². The molecule has 0 aliphatic carbocycles. The lowest BCUT2D eigenvalue weighted by molar-refractivity contribution is 0.0982. The first-order valence-corrected chi connectivity index (χ1v) is 11.4. The van der Waals surface area contributed by atoms with E-state index in [-0.39, 0.29) is 5.54 Å². The van der Waals surface area contributed by atoms with E-state index in [0.717, 1.165) is 19.6 Å². The Bertz CT molecular complexity index is 665. The van der Waals surface area contributed by atoms with E-state index in [1.54, 1.807) is 24.6 Å². The summed E-state index contributed by atoms with van der Waals surface area (Å²) < 4.78 is 27.1. The van der Waals surface area contributed by atoms with Gasteiger partial charge in [-0.25, -0.2) is 13.1 Å². The van der Waals surface area contributed by atoms with Crippen LogP contribution in [0.1, 0.15) is 33.1 Å². The van der Waals surface area contributed by atoms with Crippen LogP contribution < -0.4 is 15.4 Å². The zero-order valence-electron chi connectivity index (χ0n) is 15.9. The van der Waals surface area contributed by atoms with E-state index in [2.05, 4.69) is 39.1 Å². The highest BCUT2D eigenvalue weighted by Gasteiger charge is 2.27. The molecule has 9 heteroatoms. The van der Waals surface area contributed by atoms with Crippen LogP contribution in [0, 0.1) is 0 Å². The second-order valence-electron chi connectivity index (χ2n) is 7.04. The second kappa shape index (κ2) is 9.68. The Balaban J connectivity index is 1.72. The summed E-state index contributed by atoms with van der Waals surface area (Å²) >= 11 is 1.21. The third-order valence-corrected chi connectivity index (χ3v) is 7.45. The summed E-state index contributed by atoms with van der Waals surface area (Å²) in [6.45, 7) is 8.33. The van der Waals surface area contributed by atoms with Crippen LogP contribution in [0.3, 0.4) is 0 Å². The Hall–Kier alpha value is -1.16. The molecule has 148 valence electrons. The average molecular weight is 402 g/mol. The highest BCUT2D eigenvalue weighted by atomic mass is 32.2. The minimum absolute atomic E-state index is 0.0544. The molecular formula is C17H31N5O2S2. The smallest absolute Gasteiger partial charge is 0.250 e. The number of thiophene rings is 1. The Morgan fingerprint density at radius 3 is 2.58 bits per heavy atom. The van der Waals surface area contributed by atoms with Gasteiger partial charge in [0.25, 0.3) is 0 Å². The first kappa shape index (κ1) is 21.1. The summed E-state index contributed by atoms with van der Waals surface area (Å²) in [5.41, 5.74) is 0.0544. The lowest BCUT2D eigenvalue weighted by Crippen LogP contribution is -2.55. The number of rotatable bonds is 8. The molecule has 0 spiro atoms. The van der Waals surface area contributed by atoms with Crippen LogP contribution in [0.2, 0.25) is 0 Å². The molecule has 2 heterocycles. The van der Waals surface area contributed by atoms with Crippen molar-refractivity contribution in [1.29, 1.82) is 0 Å². The minimum atomic E-state index is -3.41. The van der Waals surface area contributed by atoms with Gasteiger partial charge in [-0.1, -0.05) is 12.5 Å². The summed E-state index contributed by atoms with van der Waals surface area (Å²) in [6.07, 6.45) is 3.85. The van der Waals surface area contributed by atoms with E-state index in [1.807, 2.05) is 0 Å². The van der Waals surface area contributed by atoms with Gasteiger partial charge in [-0.05, 0) is 51.2 Å². The molecule has 3 N–H and O–H groups in total. The highest BCUT2D eigenvalue weighted by Crippen LogP contribution is 2.19. The van der Waals surface area contributed by atoms with E-state index in [4.69, 9.17) is 0 Å². The average Bonchev–Trinajstić information content (AvgIpc) is 3.17. The van der Waals surface area contributed by atoms with Crippen LogP contribution >= 0.6 is 11.3 Å². The van der Waals surface area contributed by atoms with Gasteiger partial charge in [0.15, 0.2) is 5.96 Å². The second-order valence-corrected chi connectivity index (χ2v) is 9.98. The Kier molecular flexibility index (Phi) is 7.87. The molecule has 0 bridgehead atoms. The largest absolute Gasteiger partial charge is 0.355 e. The number of piperidine rings is 1. The molecule has 0 aromatic carbocycles. The molecule has 0 amide bonds. The van der Waals surface area contributed by atoms with Crippen molar-refractivity contribution in [3.63, 3.8) is 0 Å². The fourth-order valence-electron chi connectivity index (χ4n) is 2.99. The molecule has 26 heavy (non-hydrogen) atoms. The SMILES string of the molecule is CN=C(NCCNS(=O)(=O)c1cccs1)NCC(C)(C)N1CCCCC1. The summed E-state index contributed by atoms with van der Waals surface area (Å²) in [6, 6.07) is 3.33. The van der Waals surface area contributed by atoms with Crippen molar-refractivity contribution in [3.05, 3.63) is 17.5 Å². The van der Waals surface area contributed by atoms with E-state index >= 15 is 0 Å². The Morgan fingerprint density at radius 2 is 1.96 bits per heavy atom. The quantitative estimate of drug-likeness (QED) is 0.349. The summed E-state index contributed by atoms with van der Waals surface area (Å²) in [4.78, 5) is 6.74. The van der Waals surface area contributed by atoms with Gasteiger partial charge in [-0.3, -0.25) is 9.89 Å². The molecule has 1 fully saturated rings. The molecule has 1 aromatic rings. The van der Waals surface area contributed by atoms with Crippen molar-refractivity contribution < 1.29 is 8.42 Å². The zero-order valence-corrected chi connectivity index (χ0v) is 17.5. The number of aliphatic imine (C=N–C) groups is 1. The Morgan fingerprint density at radius 1 is 1.23 bits per heavy atom. The molecule has 2 rings (SSSR count). The molecular weight excluding hydrogens is 370 g/mol. The van der Waals surface area contributed by atoms with Gasteiger partial charge < -0.3 is 10.6 Å². The van der Waals surface area contributed by atoms with Crippen molar-refractivity contribution in [2.45, 2.75) is 42.9 Å². The first-order valence-electron chi connectivity index (χ1n) is 9.08. The molecule has 1 saturated heterocycles. The van der Waals surface area contributed by atoms with Gasteiger partial charge in [-0.15, -0.1) is 11.3 Å². The number of hydrogen-bond donors (Lipinski definition) is 3. The van der Waals surface area contributed by atoms with Crippen molar-refractivity contribution in [3.8, 4) is 0 Å². The maximum absolute atomic E-state index is 12.1. The van der Waals surface area contributed by atoms with Crippen molar-refractivity contribution >= 4 is 27.3 Å². The highest BCUT2D eigenvalue weighted by molar-refractivity contribution is 7.91. The molecule has 1 aliphatic heterocycles. The van der Waals surface area contributed by atoms with Gasteiger partial charge in [-0.2, -0.15) is 0 Å². The van der Waals surface area contributed by atoms with Gasteiger partial charge in [0, 0.05) is 32.2 Å². The van der Waals surface area contributed by atoms with E-state index in [1.165, 1.54) is 30.6 Å². The van der Waals surface area contributed by atoms with E-state index < -0.39 is 10.0 Å². The number of sulfonamides is 1. The van der Waals surface area contributed by atoms with Crippen LogP contribution in [0.15, 0.2) is 26.7 Å². The van der Waals surface area contributed by atoms with Crippen LogP contribution in [0.5, 0.6) is 0 Å². The molecule has 0 radical (unpaired) electrons. The van der Waals surface area contributed by atoms with Crippen LogP contribution in [0.25, 0.3) is 0 Å². The number of nitrogens with one attached hydrogen (secondary N) is 3. The third kappa shape index (κ3) is 6.22. The lowest BCUT2D eigenvalue weighted by Gasteiger charge is -2.41. The molecule has 0 unspecified atom stereocenters. The fraction of sp³-hybridized carbons (Fsp3) is 0.706. The first-order chi connectivity index (χ1) is 12.3. The number of nitrogens with zero attached hydrogens (tertiary/aromatic N) is 2. The fourth-order valence-corrected chi connectivity index (χ4v) is 5.05. The number of likely N-dealkylation sites (tertiary alicyclic amines) is 1. The summed E-state index contributed by atoms with van der Waals surface area (Å²) in [5.74, 6) is 0.686. The molecule has 1 aromatic heterocycles. The normalized spacial score (nSPS) is 17.3. The van der Waals surface area contributed by atoms with Crippen molar-refractivity contribution in [2.24, 2.45) is 4.99 Å². The van der Waals surface area contributed by atoms with Crippen molar-refractivity contribution in [1.82, 2.24) is 20.3 Å². The molecule has 0 atom stereocenters. The van der Waals surface area contributed by atoms with Crippen molar-refractivity contribution in [2.75, 3.05) is 39.8 Å². The summed E-state index contributed by atoms with van der Waals surface area (Å²) in [7, 11) is -1.69. The standard InChI is InChI=1S/C17H31N5O2S2/c1-17(2,22-11-5-4-6-12-22)14-20-16(18-3)19-9-10-21-26(23,24)15-8-7-13-25-15/h7-8,13,21H,4-6,9-12,14H2,1-3H3,(H2,18,19,20). The maximum Gasteiger partial charge on any atom is 0.250 e. The maximum atomic E-state index is 12.1. The number of guanidine groups is 1. The van der Waals surface area contributed by atoms with Crippen LogP contribution in [-0.2, 0) is 10.0 Å². The number of hydrogen-bond acceptors (Lipinski definition) is 5. The van der Waals surface area contributed by atoms with Gasteiger partial charge in [0.1, 0.15) is 4.21 Å². The summed E-state index contributed by atoms with van der Waals surface area (Å²) in [5, 5.41) is 8.27. The minimum Gasteiger partial charge on any atom is -0.355 e. The van der Waals surface area contributed by atoms with E-state index in [9.17, 15) is 8.42 Å². The predicted octanol–water partition coefficient (Wildman–Crippen LogP) is 1.46. The monoisotopic (exact) mass is 401 g/mol. The Labute approximate surface area is 161 Å². The third-order valence-electron chi connectivity index (χ3n) is 4.59. The van der Waals surface area contributed by atoms with Gasteiger partial charge in [0.2, 0.25) is 10.0 Å². The molecule has 7 nitrogen and oxygen atoms in total. The topological polar surface area (TPSA) is 85.8 Å². The molecule has 0 saturated carbocycles. The van der Waals surface area contributed by atoms with E-state index in [0.29, 0.717) is 23.3 Å². The molecule has 1 aliphatic rings.